The fourth-order valence-electron chi connectivity index (χ4n) is 9.01. The summed E-state index contributed by atoms with van der Waals surface area (Å²) in [5.74, 6) is 0.963. The number of benzene rings is 3. The van der Waals surface area contributed by atoms with E-state index in [2.05, 4.69) is 37.3 Å². The fourth-order valence-corrected chi connectivity index (χ4v) is 9.01. The number of rotatable bonds is 9. The zero-order valence-corrected chi connectivity index (χ0v) is 31.6. The number of phenols is 1. The van der Waals surface area contributed by atoms with Crippen molar-refractivity contribution in [2.45, 2.75) is 76.8 Å². The van der Waals surface area contributed by atoms with Crippen LogP contribution in [0.15, 0.2) is 43.0 Å². The van der Waals surface area contributed by atoms with Crippen molar-refractivity contribution in [3.05, 3.63) is 65.7 Å². The summed E-state index contributed by atoms with van der Waals surface area (Å²) in [4.78, 5) is 28.8. The highest BCUT2D eigenvalue weighted by Crippen LogP contribution is 2.46. The highest BCUT2D eigenvalue weighted by Gasteiger charge is 2.46. The van der Waals surface area contributed by atoms with Crippen LogP contribution in [0, 0.1) is 40.7 Å². The van der Waals surface area contributed by atoms with Crippen molar-refractivity contribution in [3.63, 3.8) is 0 Å². The molecule has 3 aliphatic rings. The van der Waals surface area contributed by atoms with Gasteiger partial charge in [-0.1, -0.05) is 32.4 Å². The van der Waals surface area contributed by atoms with Gasteiger partial charge in [0, 0.05) is 36.5 Å². The Balaban J connectivity index is 1.48. The molecule has 7 rings (SSSR count). The number of aromatic nitrogens is 2. The molecule has 0 saturated carbocycles. The Hall–Kier alpha value is -5.26. The standard InChI is InChI=1S/C43H46F2N6O3/c1-8-28-32(44)13-12-26-20-27(52)21-29(35(26)28)36-31(42(5,6)24-46)22-30-38(37(36)45)47-40(54-25-43-14-10-17-50(43)18-11-15-43)48-39(30)49(7)23-33-41(3,4)16-19-51(33)34(53)9-2/h1,9,12-13,20-22,33,52H,2,10-11,14-19,23,25H2,3-7H3/t33-/m1/s1. The number of carbonyl (C=O) groups is 1. The van der Waals surface area contributed by atoms with Gasteiger partial charge in [0.25, 0.3) is 0 Å². The van der Waals surface area contributed by atoms with Crippen LogP contribution in [0.5, 0.6) is 11.8 Å². The van der Waals surface area contributed by atoms with Crippen molar-refractivity contribution >= 4 is 33.4 Å². The molecule has 4 aromatic rings. The van der Waals surface area contributed by atoms with E-state index in [9.17, 15) is 15.2 Å². The third-order valence-electron chi connectivity index (χ3n) is 12.1. The number of amides is 1. The number of ether oxygens (including phenoxy) is 1. The molecule has 0 aliphatic carbocycles. The Morgan fingerprint density at radius 2 is 1.89 bits per heavy atom. The smallest absolute Gasteiger partial charge is 0.319 e. The Morgan fingerprint density at radius 3 is 2.56 bits per heavy atom. The number of carbonyl (C=O) groups excluding carboxylic acids is 1. The van der Waals surface area contributed by atoms with Gasteiger partial charge in [0.2, 0.25) is 5.91 Å². The van der Waals surface area contributed by atoms with Crippen molar-refractivity contribution in [2.75, 3.05) is 44.7 Å². The van der Waals surface area contributed by atoms with Gasteiger partial charge in [-0.15, -0.1) is 6.42 Å². The average molecular weight is 733 g/mol. The normalized spacial score (nSPS) is 19.1. The SMILES string of the molecule is C#Cc1c(F)ccc2cc(O)cc(-c3c(C(C)(C)C#N)cc4c(N(C)C[C@H]5N(C(=O)C=C)CCC5(C)C)nc(OCC56CCCN5CCC6)nc4c3F)c12. The van der Waals surface area contributed by atoms with Crippen LogP contribution in [0.2, 0.25) is 0 Å². The minimum Gasteiger partial charge on any atom is -0.508 e. The minimum absolute atomic E-state index is 0.00421. The molecular formula is C43H46F2N6O3. The van der Waals surface area contributed by atoms with Gasteiger partial charge in [-0.25, -0.2) is 8.78 Å². The molecular weight excluding hydrogens is 687 g/mol. The van der Waals surface area contributed by atoms with Crippen LogP contribution in [0.25, 0.3) is 32.8 Å². The van der Waals surface area contributed by atoms with Crippen LogP contribution in [0.1, 0.15) is 70.9 Å². The molecule has 3 fully saturated rings. The number of hydrogen-bond donors (Lipinski definition) is 1. The molecule has 280 valence electrons. The molecule has 4 heterocycles. The molecule has 1 aromatic heterocycles. The summed E-state index contributed by atoms with van der Waals surface area (Å²) < 4.78 is 39.5. The Labute approximate surface area is 315 Å². The largest absolute Gasteiger partial charge is 0.508 e. The highest BCUT2D eigenvalue weighted by atomic mass is 19.1. The molecule has 3 aromatic carbocycles. The van der Waals surface area contributed by atoms with Crippen LogP contribution in [0.4, 0.5) is 14.6 Å². The van der Waals surface area contributed by atoms with Gasteiger partial charge >= 0.3 is 6.01 Å². The third kappa shape index (κ3) is 6.09. The first-order valence-electron chi connectivity index (χ1n) is 18.5. The van der Waals surface area contributed by atoms with Crippen LogP contribution >= 0.6 is 0 Å². The number of phenolic OH excluding ortho intramolecular Hbond substituents is 1. The fraction of sp³-hybridized carbons (Fsp3) is 0.442. The maximum atomic E-state index is 17.8. The molecule has 54 heavy (non-hydrogen) atoms. The van der Waals surface area contributed by atoms with Gasteiger partial charge in [-0.3, -0.25) is 9.69 Å². The zero-order chi connectivity index (χ0) is 38.7. The first-order chi connectivity index (χ1) is 25.6. The van der Waals surface area contributed by atoms with Crippen molar-refractivity contribution in [2.24, 2.45) is 5.41 Å². The van der Waals surface area contributed by atoms with Gasteiger partial charge < -0.3 is 19.6 Å². The summed E-state index contributed by atoms with van der Waals surface area (Å²) in [5, 5.41) is 22.4. The van der Waals surface area contributed by atoms with E-state index in [0.29, 0.717) is 36.3 Å². The maximum Gasteiger partial charge on any atom is 0.319 e. The molecule has 1 N–H and O–H groups in total. The second-order valence-electron chi connectivity index (χ2n) is 16.3. The van der Waals surface area contributed by atoms with Crippen LogP contribution in [-0.4, -0.2) is 82.2 Å². The number of anilines is 1. The monoisotopic (exact) mass is 732 g/mol. The van der Waals surface area contributed by atoms with Gasteiger partial charge in [-0.05, 0) is 111 Å². The molecule has 3 aliphatic heterocycles. The van der Waals surface area contributed by atoms with Crippen LogP contribution in [0.3, 0.4) is 0 Å². The number of likely N-dealkylation sites (N-methyl/N-ethyl adjacent to an activating group) is 1. The lowest BCUT2D eigenvalue weighted by atomic mass is 9.79. The Morgan fingerprint density at radius 1 is 1.17 bits per heavy atom. The zero-order valence-electron chi connectivity index (χ0n) is 31.6. The molecule has 1 atom stereocenters. The minimum atomic E-state index is -1.29. The summed E-state index contributed by atoms with van der Waals surface area (Å²) in [6, 6.07) is 9.26. The molecule has 0 spiro atoms. The van der Waals surface area contributed by atoms with E-state index in [-0.39, 0.29) is 67.8 Å². The number of terminal acetylenes is 1. The van der Waals surface area contributed by atoms with E-state index in [4.69, 9.17) is 21.1 Å². The van der Waals surface area contributed by atoms with E-state index in [1.165, 1.54) is 30.3 Å². The molecule has 3 saturated heterocycles. The Kier molecular flexibility index (Phi) is 9.30. The maximum absolute atomic E-state index is 17.8. The highest BCUT2D eigenvalue weighted by molar-refractivity contribution is 6.05. The number of nitriles is 1. The molecule has 0 bridgehead atoms. The number of fused-ring (bicyclic) bond motifs is 3. The predicted octanol–water partition coefficient (Wildman–Crippen LogP) is 7.47. The summed E-state index contributed by atoms with van der Waals surface area (Å²) in [6.45, 7) is 14.6. The molecule has 9 nitrogen and oxygen atoms in total. The van der Waals surface area contributed by atoms with Crippen molar-refractivity contribution in [1.29, 1.82) is 5.26 Å². The average Bonchev–Trinajstić information content (AvgIpc) is 3.82. The van der Waals surface area contributed by atoms with Crippen molar-refractivity contribution in [1.82, 2.24) is 19.8 Å². The van der Waals surface area contributed by atoms with Gasteiger partial charge in [0.15, 0.2) is 5.82 Å². The second kappa shape index (κ2) is 13.5. The van der Waals surface area contributed by atoms with Crippen molar-refractivity contribution in [3.8, 4) is 41.3 Å². The number of hydrogen-bond acceptors (Lipinski definition) is 8. The van der Waals surface area contributed by atoms with Crippen LogP contribution < -0.4 is 9.64 Å². The lowest BCUT2D eigenvalue weighted by Crippen LogP contribution is -2.47. The molecule has 0 unspecified atom stereocenters. The molecule has 11 heteroatoms. The number of nitrogens with zero attached hydrogens (tertiary/aromatic N) is 6. The van der Waals surface area contributed by atoms with Crippen LogP contribution in [-0.2, 0) is 10.2 Å². The second-order valence-corrected chi connectivity index (χ2v) is 16.3. The lowest BCUT2D eigenvalue weighted by molar-refractivity contribution is -0.127. The first-order valence-corrected chi connectivity index (χ1v) is 18.5. The molecule has 0 radical (unpaired) electrons. The topological polar surface area (TPSA) is 106 Å². The first kappa shape index (κ1) is 37.1. The van der Waals surface area contributed by atoms with E-state index in [0.717, 1.165) is 45.2 Å². The van der Waals surface area contributed by atoms with E-state index in [1.54, 1.807) is 19.9 Å². The van der Waals surface area contributed by atoms with E-state index in [1.807, 2.05) is 16.8 Å². The molecule has 1 amide bonds. The summed E-state index contributed by atoms with van der Waals surface area (Å²) in [7, 11) is 1.84. The number of halogens is 2. The third-order valence-corrected chi connectivity index (χ3v) is 12.1. The van der Waals surface area contributed by atoms with Gasteiger partial charge in [0.1, 0.15) is 29.5 Å². The van der Waals surface area contributed by atoms with Crippen molar-refractivity contribution < 1.29 is 23.4 Å². The lowest BCUT2D eigenvalue weighted by Gasteiger charge is -2.36. The number of likely N-dealkylation sites (tertiary alicyclic amines) is 1. The summed E-state index contributed by atoms with van der Waals surface area (Å²) >= 11 is 0. The quantitative estimate of drug-likeness (QED) is 0.140. The van der Waals surface area contributed by atoms with Gasteiger partial charge in [-0.2, -0.15) is 15.2 Å². The predicted molar refractivity (Wildman–Crippen MR) is 206 cm³/mol. The Bertz CT molecular complexity index is 2280. The van der Waals surface area contributed by atoms with Gasteiger partial charge in [0.05, 0.1) is 28.6 Å². The summed E-state index contributed by atoms with van der Waals surface area (Å²) in [5.41, 5.74) is -1.46. The van der Waals surface area contributed by atoms with E-state index >= 15 is 8.78 Å². The van der Waals surface area contributed by atoms with E-state index < -0.39 is 17.0 Å². The summed E-state index contributed by atoms with van der Waals surface area (Å²) in [6.07, 6.45) is 12.1. The number of aromatic hydroxyl groups is 1.